The van der Waals surface area contributed by atoms with Crippen molar-refractivity contribution < 1.29 is 4.74 Å². The molecule has 0 aromatic heterocycles. The summed E-state index contributed by atoms with van der Waals surface area (Å²) in [5.41, 5.74) is 1.25. The van der Waals surface area contributed by atoms with Gasteiger partial charge in [-0.15, -0.1) is 0 Å². The van der Waals surface area contributed by atoms with Crippen LogP contribution in [0, 0.1) is 11.8 Å². The molecule has 0 bridgehead atoms. The predicted molar refractivity (Wildman–Crippen MR) is 102 cm³/mol. The van der Waals surface area contributed by atoms with Crippen LogP contribution in [0.25, 0.3) is 0 Å². The molecule has 2 aromatic carbocycles. The molecule has 1 saturated heterocycles. The quantitative estimate of drug-likeness (QED) is 0.820. The fourth-order valence-corrected chi connectivity index (χ4v) is 4.29. The Hall–Kier alpha value is -1.55. The lowest BCUT2D eigenvalue weighted by atomic mass is 9.79. The summed E-state index contributed by atoms with van der Waals surface area (Å²) in [6.07, 6.45) is 3.94. The molecule has 132 valence electrons. The summed E-state index contributed by atoms with van der Waals surface area (Å²) >= 11 is 6.18. The minimum Gasteiger partial charge on any atom is -0.456 e. The van der Waals surface area contributed by atoms with Gasteiger partial charge in [0.2, 0.25) is 0 Å². The van der Waals surface area contributed by atoms with Gasteiger partial charge in [0.25, 0.3) is 0 Å². The van der Waals surface area contributed by atoms with Gasteiger partial charge in [0.1, 0.15) is 11.5 Å². The van der Waals surface area contributed by atoms with E-state index in [4.69, 9.17) is 16.3 Å². The minimum absolute atomic E-state index is 0.632. The van der Waals surface area contributed by atoms with E-state index in [9.17, 15) is 0 Å². The van der Waals surface area contributed by atoms with Crippen molar-refractivity contribution in [3.8, 4) is 11.5 Å². The van der Waals surface area contributed by atoms with Crippen molar-refractivity contribution in [3.63, 3.8) is 0 Å². The van der Waals surface area contributed by atoms with Gasteiger partial charge in [-0.3, -0.25) is 0 Å². The molecule has 2 aliphatic rings. The lowest BCUT2D eigenvalue weighted by Crippen LogP contribution is -2.36. The van der Waals surface area contributed by atoms with Crippen molar-refractivity contribution in [3.05, 3.63) is 59.1 Å². The van der Waals surface area contributed by atoms with Gasteiger partial charge < -0.3 is 15.4 Å². The summed E-state index contributed by atoms with van der Waals surface area (Å²) in [5.74, 6) is 3.30. The van der Waals surface area contributed by atoms with Gasteiger partial charge in [-0.1, -0.05) is 35.9 Å². The molecule has 3 nitrogen and oxygen atoms in total. The Morgan fingerprint density at radius 2 is 1.92 bits per heavy atom. The first-order valence-corrected chi connectivity index (χ1v) is 9.61. The molecule has 25 heavy (non-hydrogen) atoms. The number of ether oxygens (including phenoxy) is 1. The standard InChI is InChI=1S/C21H25ClN2O/c22-20-6-1-2-7-21(20)25-19-5-3-4-15(10-19)12-24-18-9-8-16-13-23-14-17(16)11-18/h1-7,10,16-18,23-24H,8-9,11-14H2. The molecule has 1 aliphatic heterocycles. The summed E-state index contributed by atoms with van der Waals surface area (Å²) in [4.78, 5) is 0. The molecule has 4 heteroatoms. The Morgan fingerprint density at radius 1 is 1.04 bits per heavy atom. The van der Waals surface area contributed by atoms with Crippen molar-refractivity contribution in [2.75, 3.05) is 13.1 Å². The van der Waals surface area contributed by atoms with Gasteiger partial charge in [-0.05, 0) is 74.0 Å². The van der Waals surface area contributed by atoms with Crippen LogP contribution in [-0.2, 0) is 6.54 Å². The topological polar surface area (TPSA) is 33.3 Å². The molecule has 1 aliphatic carbocycles. The summed E-state index contributed by atoms with van der Waals surface area (Å²) < 4.78 is 5.93. The van der Waals surface area contributed by atoms with Crippen molar-refractivity contribution in [1.29, 1.82) is 0 Å². The molecule has 3 atom stereocenters. The Labute approximate surface area is 154 Å². The van der Waals surface area contributed by atoms with E-state index in [1.807, 2.05) is 36.4 Å². The van der Waals surface area contributed by atoms with Crippen LogP contribution in [0.1, 0.15) is 24.8 Å². The molecule has 2 aromatic rings. The van der Waals surface area contributed by atoms with Gasteiger partial charge in [-0.25, -0.2) is 0 Å². The highest BCUT2D eigenvalue weighted by atomic mass is 35.5. The Bertz CT molecular complexity index is 721. The van der Waals surface area contributed by atoms with Crippen LogP contribution in [-0.4, -0.2) is 19.1 Å². The second-order valence-electron chi connectivity index (χ2n) is 7.25. The molecule has 2 fully saturated rings. The molecule has 2 N–H and O–H groups in total. The van der Waals surface area contributed by atoms with E-state index >= 15 is 0 Å². The number of benzene rings is 2. The van der Waals surface area contributed by atoms with Crippen molar-refractivity contribution in [2.45, 2.75) is 31.8 Å². The zero-order chi connectivity index (χ0) is 17.1. The van der Waals surface area contributed by atoms with E-state index in [0.717, 1.165) is 24.1 Å². The largest absolute Gasteiger partial charge is 0.456 e. The molecular weight excluding hydrogens is 332 g/mol. The average molecular weight is 357 g/mol. The van der Waals surface area contributed by atoms with Crippen molar-refractivity contribution in [1.82, 2.24) is 10.6 Å². The normalized spacial score (nSPS) is 25.6. The fraction of sp³-hybridized carbons (Fsp3) is 0.429. The number of nitrogens with one attached hydrogen (secondary N) is 2. The Morgan fingerprint density at radius 3 is 2.84 bits per heavy atom. The lowest BCUT2D eigenvalue weighted by molar-refractivity contribution is 0.242. The third kappa shape index (κ3) is 4.17. The molecule has 0 radical (unpaired) electrons. The number of fused-ring (bicyclic) bond motifs is 1. The second-order valence-corrected chi connectivity index (χ2v) is 7.66. The van der Waals surface area contributed by atoms with Crippen LogP contribution in [0.2, 0.25) is 5.02 Å². The van der Waals surface area contributed by atoms with Gasteiger partial charge in [0.05, 0.1) is 5.02 Å². The maximum Gasteiger partial charge on any atom is 0.146 e. The number of hydrogen-bond donors (Lipinski definition) is 2. The van der Waals surface area contributed by atoms with Gasteiger partial charge >= 0.3 is 0 Å². The van der Waals surface area contributed by atoms with Crippen LogP contribution in [0.4, 0.5) is 0 Å². The van der Waals surface area contributed by atoms with Crippen molar-refractivity contribution >= 4 is 11.6 Å². The fourth-order valence-electron chi connectivity index (χ4n) is 4.12. The van der Waals surface area contributed by atoms with E-state index in [1.54, 1.807) is 0 Å². The molecule has 0 spiro atoms. The molecule has 3 unspecified atom stereocenters. The van der Waals surface area contributed by atoms with E-state index in [1.165, 1.54) is 37.9 Å². The maximum atomic E-state index is 6.18. The number of rotatable bonds is 5. The third-order valence-corrected chi connectivity index (χ3v) is 5.82. The van der Waals surface area contributed by atoms with Gasteiger partial charge in [0, 0.05) is 12.6 Å². The first-order valence-electron chi connectivity index (χ1n) is 9.23. The first kappa shape index (κ1) is 16.9. The number of hydrogen-bond acceptors (Lipinski definition) is 3. The summed E-state index contributed by atoms with van der Waals surface area (Å²) in [5, 5.41) is 7.91. The minimum atomic E-state index is 0.632. The Balaban J connectivity index is 1.34. The summed E-state index contributed by atoms with van der Waals surface area (Å²) in [7, 11) is 0. The summed E-state index contributed by atoms with van der Waals surface area (Å²) in [6, 6.07) is 16.5. The summed E-state index contributed by atoms with van der Waals surface area (Å²) in [6.45, 7) is 3.30. The molecule has 1 heterocycles. The zero-order valence-corrected chi connectivity index (χ0v) is 15.1. The molecule has 1 saturated carbocycles. The van der Waals surface area contributed by atoms with Crippen LogP contribution in [0.15, 0.2) is 48.5 Å². The van der Waals surface area contributed by atoms with E-state index in [-0.39, 0.29) is 0 Å². The lowest BCUT2D eigenvalue weighted by Gasteiger charge is -2.31. The second kappa shape index (κ2) is 7.77. The third-order valence-electron chi connectivity index (χ3n) is 5.51. The van der Waals surface area contributed by atoms with Crippen LogP contribution < -0.4 is 15.4 Å². The van der Waals surface area contributed by atoms with Crippen LogP contribution in [0.3, 0.4) is 0 Å². The highest BCUT2D eigenvalue weighted by Crippen LogP contribution is 2.33. The van der Waals surface area contributed by atoms with Crippen LogP contribution >= 0.6 is 11.6 Å². The van der Waals surface area contributed by atoms with E-state index in [2.05, 4.69) is 22.8 Å². The predicted octanol–water partition coefficient (Wildman–Crippen LogP) is 4.61. The van der Waals surface area contributed by atoms with E-state index in [0.29, 0.717) is 16.8 Å². The van der Waals surface area contributed by atoms with Crippen molar-refractivity contribution in [2.24, 2.45) is 11.8 Å². The highest BCUT2D eigenvalue weighted by molar-refractivity contribution is 6.32. The number of halogens is 1. The monoisotopic (exact) mass is 356 g/mol. The molecule has 0 amide bonds. The van der Waals surface area contributed by atoms with E-state index < -0.39 is 0 Å². The molecule has 4 rings (SSSR count). The van der Waals surface area contributed by atoms with Gasteiger partial charge in [0.15, 0.2) is 0 Å². The zero-order valence-electron chi connectivity index (χ0n) is 14.4. The SMILES string of the molecule is Clc1ccccc1Oc1cccc(CNC2CCC3CNCC3C2)c1. The number of para-hydroxylation sites is 1. The average Bonchev–Trinajstić information content (AvgIpc) is 3.10. The maximum absolute atomic E-state index is 6.18. The van der Waals surface area contributed by atoms with Crippen LogP contribution in [0.5, 0.6) is 11.5 Å². The Kier molecular flexibility index (Phi) is 5.25. The van der Waals surface area contributed by atoms with Gasteiger partial charge in [-0.2, -0.15) is 0 Å². The first-order chi connectivity index (χ1) is 12.3. The smallest absolute Gasteiger partial charge is 0.146 e. The molecular formula is C21H25ClN2O. The highest BCUT2D eigenvalue weighted by Gasteiger charge is 2.33.